The fraction of sp³-hybridized carbons (Fsp3) is 0.333. The van der Waals surface area contributed by atoms with Crippen LogP contribution in [0.1, 0.15) is 48.5 Å². The van der Waals surface area contributed by atoms with Gasteiger partial charge in [-0.3, -0.25) is 14.2 Å². The number of ether oxygens (including phenoxy) is 1. The molecule has 8 heteroatoms. The Kier molecular flexibility index (Phi) is 6.90. The molecule has 0 saturated heterocycles. The number of para-hydroxylation sites is 1. The summed E-state index contributed by atoms with van der Waals surface area (Å²) in [5, 5.41) is 3.97. The highest BCUT2D eigenvalue weighted by molar-refractivity contribution is 7.99. The number of aromatic nitrogens is 2. The van der Waals surface area contributed by atoms with Crippen LogP contribution in [0, 0.1) is 0 Å². The van der Waals surface area contributed by atoms with E-state index < -0.39 is 5.97 Å². The van der Waals surface area contributed by atoms with Crippen molar-refractivity contribution in [3.63, 3.8) is 0 Å². The van der Waals surface area contributed by atoms with E-state index in [1.165, 1.54) is 25.3 Å². The molecule has 0 atom stereocenters. The highest BCUT2D eigenvalue weighted by atomic mass is 32.2. The molecule has 1 fully saturated rings. The summed E-state index contributed by atoms with van der Waals surface area (Å²) < 4.78 is 6.51. The average molecular weight is 452 g/mol. The van der Waals surface area contributed by atoms with E-state index in [1.54, 1.807) is 34.9 Å². The molecule has 2 aromatic carbocycles. The standard InChI is InChI=1S/C24H25N3O4S/c1-31-23(30)16-8-7-9-17(14-16)25-21(28)15-32-24-26-20-13-6-5-12-19(20)22(29)27(24)18-10-3-2-4-11-18/h5-9,12-14,18H,2-4,10-11,15H2,1H3,(H,25,28). The number of nitrogens with one attached hydrogen (secondary N) is 1. The smallest absolute Gasteiger partial charge is 0.337 e. The molecule has 1 heterocycles. The average Bonchev–Trinajstić information content (AvgIpc) is 2.83. The van der Waals surface area contributed by atoms with E-state index in [-0.39, 0.29) is 23.3 Å². The Morgan fingerprint density at radius 2 is 1.91 bits per heavy atom. The highest BCUT2D eigenvalue weighted by Crippen LogP contribution is 2.31. The third kappa shape index (κ3) is 4.85. The molecular formula is C24H25N3O4S. The monoisotopic (exact) mass is 451 g/mol. The molecule has 1 saturated carbocycles. The van der Waals surface area contributed by atoms with Crippen molar-refractivity contribution in [1.82, 2.24) is 9.55 Å². The van der Waals surface area contributed by atoms with Crippen molar-refractivity contribution in [3.05, 3.63) is 64.4 Å². The first-order valence-electron chi connectivity index (χ1n) is 10.7. The number of amides is 1. The zero-order valence-electron chi connectivity index (χ0n) is 17.9. The Morgan fingerprint density at radius 3 is 2.69 bits per heavy atom. The molecule has 0 bridgehead atoms. The van der Waals surface area contributed by atoms with Crippen molar-refractivity contribution in [3.8, 4) is 0 Å². The minimum atomic E-state index is -0.465. The maximum Gasteiger partial charge on any atom is 0.337 e. The van der Waals surface area contributed by atoms with Crippen LogP contribution in [0.5, 0.6) is 0 Å². The number of fused-ring (bicyclic) bond motifs is 1. The SMILES string of the molecule is COC(=O)c1cccc(NC(=O)CSc2nc3ccccc3c(=O)n2C2CCCCC2)c1. The second-order valence-electron chi connectivity index (χ2n) is 7.79. The van der Waals surface area contributed by atoms with E-state index in [1.807, 2.05) is 18.2 Å². The molecule has 1 amide bonds. The number of carbonyl (C=O) groups is 2. The molecule has 4 rings (SSSR count). The summed E-state index contributed by atoms with van der Waals surface area (Å²) >= 11 is 1.26. The van der Waals surface area contributed by atoms with E-state index in [0.717, 1.165) is 25.7 Å². The number of nitrogens with zero attached hydrogens (tertiary/aromatic N) is 2. The molecule has 0 unspecified atom stereocenters. The second kappa shape index (κ2) is 9.99. The number of carbonyl (C=O) groups excluding carboxylic acids is 2. The fourth-order valence-electron chi connectivity index (χ4n) is 4.06. The summed E-state index contributed by atoms with van der Waals surface area (Å²) in [4.78, 5) is 42.3. The van der Waals surface area contributed by atoms with E-state index in [2.05, 4.69) is 5.32 Å². The number of methoxy groups -OCH3 is 1. The Bertz CT molecular complexity index is 1200. The van der Waals surface area contributed by atoms with Crippen molar-refractivity contribution in [2.24, 2.45) is 0 Å². The first-order chi connectivity index (χ1) is 15.6. The van der Waals surface area contributed by atoms with E-state index >= 15 is 0 Å². The lowest BCUT2D eigenvalue weighted by Gasteiger charge is -2.26. The molecule has 7 nitrogen and oxygen atoms in total. The van der Waals surface area contributed by atoms with Crippen LogP contribution in [0.15, 0.2) is 58.5 Å². The van der Waals surface area contributed by atoms with E-state index in [0.29, 0.717) is 27.3 Å². The number of thioether (sulfide) groups is 1. The predicted molar refractivity (Wildman–Crippen MR) is 125 cm³/mol. The van der Waals surface area contributed by atoms with Gasteiger partial charge in [-0.15, -0.1) is 0 Å². The summed E-state index contributed by atoms with van der Waals surface area (Å²) in [5.41, 5.74) is 1.46. The van der Waals surface area contributed by atoms with Crippen LogP contribution < -0.4 is 10.9 Å². The largest absolute Gasteiger partial charge is 0.465 e. The minimum Gasteiger partial charge on any atom is -0.465 e. The molecule has 32 heavy (non-hydrogen) atoms. The predicted octanol–water partition coefficient (Wildman–Crippen LogP) is 4.42. The third-order valence-electron chi connectivity index (χ3n) is 5.62. The van der Waals surface area contributed by atoms with Crippen molar-refractivity contribution >= 4 is 40.2 Å². The van der Waals surface area contributed by atoms with E-state index in [4.69, 9.17) is 9.72 Å². The fourth-order valence-corrected chi connectivity index (χ4v) is 4.92. The van der Waals surface area contributed by atoms with Gasteiger partial charge in [0.05, 0.1) is 29.3 Å². The molecule has 0 radical (unpaired) electrons. The van der Waals surface area contributed by atoms with Crippen molar-refractivity contribution in [2.75, 3.05) is 18.2 Å². The summed E-state index contributed by atoms with van der Waals surface area (Å²) in [6, 6.07) is 14.0. The molecule has 166 valence electrons. The van der Waals surface area contributed by atoms with Crippen LogP contribution in [0.4, 0.5) is 5.69 Å². The van der Waals surface area contributed by atoms with Gasteiger partial charge in [-0.05, 0) is 43.2 Å². The first kappa shape index (κ1) is 22.1. The molecule has 1 aliphatic rings. The lowest BCUT2D eigenvalue weighted by atomic mass is 9.95. The number of hydrogen-bond acceptors (Lipinski definition) is 6. The third-order valence-corrected chi connectivity index (χ3v) is 6.57. The summed E-state index contributed by atoms with van der Waals surface area (Å²) in [6.07, 6.45) is 5.25. The van der Waals surface area contributed by atoms with Crippen LogP contribution in [0.3, 0.4) is 0 Å². The van der Waals surface area contributed by atoms with Crippen LogP contribution in [0.25, 0.3) is 10.9 Å². The first-order valence-corrected chi connectivity index (χ1v) is 11.7. The van der Waals surface area contributed by atoms with Gasteiger partial charge in [0.1, 0.15) is 0 Å². The van der Waals surface area contributed by atoms with Gasteiger partial charge in [-0.1, -0.05) is 49.2 Å². The Balaban J connectivity index is 1.55. The number of esters is 1. The number of rotatable bonds is 6. The van der Waals surface area contributed by atoms with Gasteiger partial charge in [0, 0.05) is 11.7 Å². The zero-order valence-corrected chi connectivity index (χ0v) is 18.7. The normalized spacial score (nSPS) is 14.3. The molecule has 1 aliphatic carbocycles. The Morgan fingerprint density at radius 1 is 1.12 bits per heavy atom. The van der Waals surface area contributed by atoms with Crippen molar-refractivity contribution in [1.29, 1.82) is 0 Å². The van der Waals surface area contributed by atoms with Crippen LogP contribution >= 0.6 is 11.8 Å². The van der Waals surface area contributed by atoms with Gasteiger partial charge >= 0.3 is 5.97 Å². The van der Waals surface area contributed by atoms with Gasteiger partial charge in [-0.2, -0.15) is 0 Å². The zero-order chi connectivity index (χ0) is 22.5. The summed E-state index contributed by atoms with van der Waals surface area (Å²) in [6.45, 7) is 0. The summed E-state index contributed by atoms with van der Waals surface area (Å²) in [7, 11) is 1.31. The van der Waals surface area contributed by atoms with Gasteiger partial charge in [0.2, 0.25) is 5.91 Å². The number of anilines is 1. The number of hydrogen-bond donors (Lipinski definition) is 1. The Hall–Kier alpha value is -3.13. The molecule has 1 aromatic heterocycles. The lowest BCUT2D eigenvalue weighted by Crippen LogP contribution is -2.29. The molecule has 0 spiro atoms. The Labute approximate surface area is 190 Å². The maximum absolute atomic E-state index is 13.3. The van der Waals surface area contributed by atoms with Crippen LogP contribution in [-0.2, 0) is 9.53 Å². The van der Waals surface area contributed by atoms with Gasteiger partial charge < -0.3 is 10.1 Å². The molecule has 3 aromatic rings. The quantitative estimate of drug-likeness (QED) is 0.339. The second-order valence-corrected chi connectivity index (χ2v) is 8.73. The topological polar surface area (TPSA) is 90.3 Å². The highest BCUT2D eigenvalue weighted by Gasteiger charge is 2.22. The molecule has 1 N–H and O–H groups in total. The number of benzene rings is 2. The molecule has 0 aliphatic heterocycles. The maximum atomic E-state index is 13.3. The van der Waals surface area contributed by atoms with Crippen molar-refractivity contribution in [2.45, 2.75) is 43.3 Å². The van der Waals surface area contributed by atoms with Crippen LogP contribution in [0.2, 0.25) is 0 Å². The van der Waals surface area contributed by atoms with Gasteiger partial charge in [0.15, 0.2) is 5.16 Å². The van der Waals surface area contributed by atoms with Gasteiger partial charge in [0.25, 0.3) is 5.56 Å². The van der Waals surface area contributed by atoms with Crippen LogP contribution in [-0.4, -0.2) is 34.3 Å². The minimum absolute atomic E-state index is 0.0452. The van der Waals surface area contributed by atoms with Crippen molar-refractivity contribution < 1.29 is 14.3 Å². The van der Waals surface area contributed by atoms with Gasteiger partial charge in [-0.25, -0.2) is 9.78 Å². The lowest BCUT2D eigenvalue weighted by molar-refractivity contribution is -0.113. The van der Waals surface area contributed by atoms with E-state index in [9.17, 15) is 14.4 Å². The molecular weight excluding hydrogens is 426 g/mol. The summed E-state index contributed by atoms with van der Waals surface area (Å²) in [5.74, 6) is -0.609.